The van der Waals surface area contributed by atoms with Gasteiger partial charge >= 0.3 is 0 Å². The maximum absolute atomic E-state index is 12.8. The summed E-state index contributed by atoms with van der Waals surface area (Å²) in [6, 6.07) is 0. The van der Waals surface area contributed by atoms with Gasteiger partial charge in [-0.1, -0.05) is 23.8 Å². The molecule has 1 saturated heterocycles. The van der Waals surface area contributed by atoms with Gasteiger partial charge in [-0.15, -0.1) is 11.3 Å². The van der Waals surface area contributed by atoms with Gasteiger partial charge in [-0.2, -0.15) is 0 Å². The summed E-state index contributed by atoms with van der Waals surface area (Å²) in [7, 11) is 0. The highest BCUT2D eigenvalue weighted by Gasteiger charge is 2.26. The molecule has 1 aromatic heterocycles. The van der Waals surface area contributed by atoms with Crippen LogP contribution in [-0.2, 0) is 11.3 Å². The smallest absolute Gasteiger partial charge is 0.233 e. The van der Waals surface area contributed by atoms with Crippen molar-refractivity contribution in [1.82, 2.24) is 14.8 Å². The van der Waals surface area contributed by atoms with Crippen LogP contribution in [0.1, 0.15) is 30.5 Å². The normalized spacial score (nSPS) is 22.8. The molecule has 0 bridgehead atoms. The summed E-state index contributed by atoms with van der Waals surface area (Å²) in [4.78, 5) is 21.8. The van der Waals surface area contributed by atoms with Crippen molar-refractivity contribution in [3.05, 3.63) is 39.9 Å². The Hall–Kier alpha value is -1.46. The first kappa shape index (κ1) is 16.4. The highest BCUT2D eigenvalue weighted by atomic mass is 32.1. The molecule has 3 rings (SSSR count). The summed E-state index contributed by atoms with van der Waals surface area (Å²) < 4.78 is 0. The van der Waals surface area contributed by atoms with E-state index in [0.29, 0.717) is 0 Å². The molecule has 4 nitrogen and oxygen atoms in total. The quantitative estimate of drug-likeness (QED) is 0.799. The molecule has 1 unspecified atom stereocenters. The number of aromatic nitrogens is 1. The Morgan fingerprint density at radius 3 is 2.91 bits per heavy atom. The monoisotopic (exact) mass is 331 g/mol. The van der Waals surface area contributed by atoms with Crippen LogP contribution in [0.5, 0.6) is 0 Å². The predicted octanol–water partition coefficient (Wildman–Crippen LogP) is 3.01. The molecule has 1 aromatic rings. The zero-order chi connectivity index (χ0) is 16.2. The first-order chi connectivity index (χ1) is 11.1. The van der Waals surface area contributed by atoms with E-state index in [1.165, 1.54) is 5.57 Å². The molecule has 0 saturated carbocycles. The molecule has 1 aliphatic carbocycles. The van der Waals surface area contributed by atoms with E-state index in [0.717, 1.165) is 56.3 Å². The lowest BCUT2D eigenvalue weighted by molar-refractivity contribution is -0.132. The molecule has 0 radical (unpaired) electrons. The maximum atomic E-state index is 12.8. The van der Waals surface area contributed by atoms with Gasteiger partial charge in [0.2, 0.25) is 5.91 Å². The molecule has 1 amide bonds. The minimum absolute atomic E-state index is 0.0449. The van der Waals surface area contributed by atoms with Gasteiger partial charge in [0.15, 0.2) is 0 Å². The lowest BCUT2D eigenvalue weighted by Gasteiger charge is -2.26. The molecule has 0 aromatic carbocycles. The standard InChI is InChI=1S/C18H25N3OS/c1-14-6-3-4-7-17(14)18(22)21-9-5-8-20(10-11-21)12-16-13-23-15(2)19-16/h4,6-7,13,17H,3,5,8-12H2,1-2H3. The van der Waals surface area contributed by atoms with E-state index in [1.54, 1.807) is 11.3 Å². The molecule has 0 N–H and O–H groups in total. The van der Waals surface area contributed by atoms with Crippen molar-refractivity contribution in [2.24, 2.45) is 5.92 Å². The average Bonchev–Trinajstić information content (AvgIpc) is 2.81. The van der Waals surface area contributed by atoms with Gasteiger partial charge in [0.25, 0.3) is 0 Å². The van der Waals surface area contributed by atoms with Gasteiger partial charge in [0, 0.05) is 38.1 Å². The summed E-state index contributed by atoms with van der Waals surface area (Å²) in [5, 5.41) is 3.27. The predicted molar refractivity (Wildman–Crippen MR) is 94.3 cm³/mol. The number of allylic oxidation sites excluding steroid dienone is 2. The lowest BCUT2D eigenvalue weighted by Crippen LogP contribution is -2.39. The van der Waals surface area contributed by atoms with Crippen molar-refractivity contribution in [2.45, 2.75) is 33.2 Å². The Morgan fingerprint density at radius 2 is 2.17 bits per heavy atom. The first-order valence-electron chi connectivity index (χ1n) is 8.39. The summed E-state index contributed by atoms with van der Waals surface area (Å²) in [5.74, 6) is 0.220. The van der Waals surface area contributed by atoms with Crippen molar-refractivity contribution in [3.63, 3.8) is 0 Å². The van der Waals surface area contributed by atoms with Crippen LogP contribution < -0.4 is 0 Å². The molecule has 1 atom stereocenters. The Bertz CT molecular complexity index is 620. The first-order valence-corrected chi connectivity index (χ1v) is 9.27. The number of carbonyl (C=O) groups excluding carboxylic acids is 1. The van der Waals surface area contributed by atoms with Crippen molar-refractivity contribution < 1.29 is 4.79 Å². The summed E-state index contributed by atoms with van der Waals surface area (Å²) in [6.45, 7) is 8.67. The minimum atomic E-state index is -0.0449. The van der Waals surface area contributed by atoms with Gasteiger partial charge in [-0.05, 0) is 26.7 Å². The summed E-state index contributed by atoms with van der Waals surface area (Å²) >= 11 is 1.71. The van der Waals surface area contributed by atoms with Crippen LogP contribution in [0.4, 0.5) is 0 Å². The Balaban J connectivity index is 1.57. The highest BCUT2D eigenvalue weighted by molar-refractivity contribution is 7.09. The maximum Gasteiger partial charge on any atom is 0.233 e. The van der Waals surface area contributed by atoms with Crippen molar-refractivity contribution >= 4 is 17.2 Å². The molecule has 1 aliphatic heterocycles. The highest BCUT2D eigenvalue weighted by Crippen LogP contribution is 2.22. The van der Waals surface area contributed by atoms with Gasteiger partial charge in [-0.3, -0.25) is 9.69 Å². The molecule has 1 fully saturated rings. The number of amides is 1. The Morgan fingerprint density at radius 1 is 1.30 bits per heavy atom. The van der Waals surface area contributed by atoms with E-state index in [4.69, 9.17) is 0 Å². The number of carbonyl (C=O) groups is 1. The molecule has 0 spiro atoms. The minimum Gasteiger partial charge on any atom is -0.341 e. The third-order valence-corrected chi connectivity index (χ3v) is 5.44. The van der Waals surface area contributed by atoms with E-state index < -0.39 is 0 Å². The summed E-state index contributed by atoms with van der Waals surface area (Å²) in [6.07, 6.45) is 8.32. The number of aryl methyl sites for hydroxylation is 1. The zero-order valence-electron chi connectivity index (χ0n) is 14.0. The van der Waals surface area contributed by atoms with E-state index in [9.17, 15) is 4.79 Å². The topological polar surface area (TPSA) is 36.4 Å². The second-order valence-electron chi connectivity index (χ2n) is 6.40. The van der Waals surface area contributed by atoms with Crippen LogP contribution in [0.2, 0.25) is 0 Å². The number of nitrogens with zero attached hydrogens (tertiary/aromatic N) is 3. The van der Waals surface area contributed by atoms with Gasteiger partial charge in [-0.25, -0.2) is 4.98 Å². The zero-order valence-corrected chi connectivity index (χ0v) is 14.8. The molecule has 2 aliphatic rings. The van der Waals surface area contributed by atoms with Crippen molar-refractivity contribution in [2.75, 3.05) is 26.2 Å². The van der Waals surface area contributed by atoms with Crippen LogP contribution in [0.25, 0.3) is 0 Å². The van der Waals surface area contributed by atoms with E-state index in [1.807, 2.05) is 11.8 Å². The molecular formula is C18H25N3OS. The Labute approximate surface area is 142 Å². The molecular weight excluding hydrogens is 306 g/mol. The van der Waals surface area contributed by atoms with Gasteiger partial charge < -0.3 is 4.90 Å². The fourth-order valence-electron chi connectivity index (χ4n) is 3.28. The molecule has 5 heteroatoms. The van der Waals surface area contributed by atoms with Crippen molar-refractivity contribution in [3.8, 4) is 0 Å². The van der Waals surface area contributed by atoms with Crippen LogP contribution in [0, 0.1) is 12.8 Å². The van der Waals surface area contributed by atoms with Crippen LogP contribution >= 0.6 is 11.3 Å². The SMILES string of the molecule is CC1=CCC=CC1C(=O)N1CCCN(Cc2csc(C)n2)CC1. The van der Waals surface area contributed by atoms with Crippen LogP contribution in [0.15, 0.2) is 29.2 Å². The fourth-order valence-corrected chi connectivity index (χ4v) is 3.88. The van der Waals surface area contributed by atoms with E-state index in [2.05, 4.69) is 40.4 Å². The Kier molecular flexibility index (Phi) is 5.28. The second-order valence-corrected chi connectivity index (χ2v) is 7.46. The largest absolute Gasteiger partial charge is 0.341 e. The molecule has 2 heterocycles. The van der Waals surface area contributed by atoms with Gasteiger partial charge in [0.1, 0.15) is 0 Å². The summed E-state index contributed by atoms with van der Waals surface area (Å²) in [5.41, 5.74) is 2.35. The average molecular weight is 331 g/mol. The third kappa shape index (κ3) is 4.09. The lowest BCUT2D eigenvalue weighted by atomic mass is 9.93. The molecule has 124 valence electrons. The number of rotatable bonds is 3. The van der Waals surface area contributed by atoms with Crippen LogP contribution in [-0.4, -0.2) is 46.9 Å². The number of hydrogen-bond donors (Lipinski definition) is 0. The van der Waals surface area contributed by atoms with Crippen LogP contribution in [0.3, 0.4) is 0 Å². The van der Waals surface area contributed by atoms with Crippen molar-refractivity contribution in [1.29, 1.82) is 0 Å². The fraction of sp³-hybridized carbons (Fsp3) is 0.556. The number of thiazole rings is 1. The van der Waals surface area contributed by atoms with Gasteiger partial charge in [0.05, 0.1) is 16.6 Å². The number of hydrogen-bond acceptors (Lipinski definition) is 4. The van der Waals surface area contributed by atoms with E-state index >= 15 is 0 Å². The second kappa shape index (κ2) is 7.41. The van der Waals surface area contributed by atoms with E-state index in [-0.39, 0.29) is 11.8 Å². The molecule has 23 heavy (non-hydrogen) atoms. The third-order valence-electron chi connectivity index (χ3n) is 4.61.